The molecule has 3 radical (unpaired) electrons. The number of aromatic nitrogens is 4. The molecular formula is C31H49BClN8OS2. The summed E-state index contributed by atoms with van der Waals surface area (Å²) in [5.74, 6) is 0.993. The molecule has 4 aromatic rings. The molecule has 0 spiro atoms. The van der Waals surface area contributed by atoms with Gasteiger partial charge in [-0.05, 0) is 104 Å². The summed E-state index contributed by atoms with van der Waals surface area (Å²) in [7, 11) is 0. The third kappa shape index (κ3) is 11.2. The number of nitrogens with zero attached hydrogens (tertiary/aromatic N) is 4. The summed E-state index contributed by atoms with van der Waals surface area (Å²) >= 11 is 9.33. The number of aliphatic hydroxyl groups excluding tert-OH is 1. The number of halogens is 1. The predicted octanol–water partition coefficient (Wildman–Crippen LogP) is 6.17. The predicted molar refractivity (Wildman–Crippen MR) is 190 cm³/mol. The van der Waals surface area contributed by atoms with Gasteiger partial charge < -0.3 is 27.6 Å². The summed E-state index contributed by atoms with van der Waals surface area (Å²) in [4.78, 5) is 21.6. The molecular weight excluding hydrogens is 611 g/mol. The highest BCUT2D eigenvalue weighted by atomic mass is 35.5. The number of thiophene rings is 2. The normalized spacial score (nSPS) is 21.3. The standard InChI is InChI=1S/C14H20N4S.C8H7ClN2S.C6H14N2.C3H8O.B/c1-8-9(2)19-14-12(8)13(16-7-17-14)18-11-5-3-10(15)4-6-11;1-4-5(2)12-8-6(4)7(9)10-3-11-8;7-5-1-2-6(8)4-3-5;1-3(2)4;/h7,10-11H,3-6,15H2,1-2H3,(H,16,17,18);3H,1-2H3;5-6H,1-4,7-8H2;3-4H,1-2H3;. The molecule has 44 heavy (non-hydrogen) atoms. The molecule has 9 nitrogen and oxygen atoms in total. The van der Waals surface area contributed by atoms with Gasteiger partial charge in [0.2, 0.25) is 0 Å². The van der Waals surface area contributed by atoms with Crippen LogP contribution >= 0.6 is 34.3 Å². The zero-order chi connectivity index (χ0) is 31.7. The van der Waals surface area contributed by atoms with Crippen LogP contribution in [0.3, 0.4) is 0 Å². The van der Waals surface area contributed by atoms with Crippen LogP contribution in [0, 0.1) is 27.7 Å². The van der Waals surface area contributed by atoms with Gasteiger partial charge in [-0.1, -0.05) is 11.6 Å². The van der Waals surface area contributed by atoms with Crippen LogP contribution in [0.2, 0.25) is 5.15 Å². The lowest BCUT2D eigenvalue weighted by atomic mass is 9.92. The quantitative estimate of drug-likeness (QED) is 0.125. The molecule has 0 aliphatic heterocycles. The molecule has 0 atom stereocenters. The van der Waals surface area contributed by atoms with E-state index in [1.165, 1.54) is 32.6 Å². The molecule has 4 aromatic heterocycles. The van der Waals surface area contributed by atoms with Crippen LogP contribution in [0.5, 0.6) is 0 Å². The summed E-state index contributed by atoms with van der Waals surface area (Å²) in [5.41, 5.74) is 19.7. The fraction of sp³-hybridized carbons (Fsp3) is 0.613. The number of hydrogen-bond acceptors (Lipinski definition) is 11. The Kier molecular flexibility index (Phi) is 15.9. The van der Waals surface area contributed by atoms with Crippen LogP contribution in [0.15, 0.2) is 12.7 Å². The van der Waals surface area contributed by atoms with Gasteiger partial charge in [-0.15, -0.1) is 22.7 Å². The Bertz CT molecular complexity index is 1420. The van der Waals surface area contributed by atoms with Gasteiger partial charge in [-0.25, -0.2) is 19.9 Å². The lowest BCUT2D eigenvalue weighted by Gasteiger charge is -2.27. The lowest BCUT2D eigenvalue weighted by molar-refractivity contribution is 0.216. The second kappa shape index (κ2) is 18.3. The fourth-order valence-electron chi connectivity index (χ4n) is 5.03. The number of fused-ring (bicyclic) bond motifs is 2. The minimum Gasteiger partial charge on any atom is -0.394 e. The third-order valence-electron chi connectivity index (χ3n) is 7.81. The Morgan fingerprint density at radius 3 is 1.57 bits per heavy atom. The van der Waals surface area contributed by atoms with Gasteiger partial charge in [-0.2, -0.15) is 0 Å². The molecule has 0 aromatic carbocycles. The van der Waals surface area contributed by atoms with Crippen molar-refractivity contribution < 1.29 is 5.11 Å². The van der Waals surface area contributed by atoms with E-state index in [0.717, 1.165) is 72.2 Å². The van der Waals surface area contributed by atoms with Crippen LogP contribution in [-0.4, -0.2) is 63.7 Å². The van der Waals surface area contributed by atoms with Gasteiger partial charge in [0.1, 0.15) is 33.3 Å². The van der Waals surface area contributed by atoms with E-state index in [9.17, 15) is 0 Å². The second-order valence-corrected chi connectivity index (χ2v) is 14.6. The first-order valence-electron chi connectivity index (χ1n) is 15.2. The Morgan fingerprint density at radius 1 is 0.727 bits per heavy atom. The van der Waals surface area contributed by atoms with Crippen molar-refractivity contribution in [3.8, 4) is 0 Å². The maximum absolute atomic E-state index is 8.06. The molecule has 0 saturated heterocycles. The molecule has 2 aliphatic rings. The van der Waals surface area contributed by atoms with Crippen molar-refractivity contribution >= 4 is 68.9 Å². The van der Waals surface area contributed by atoms with Crippen LogP contribution < -0.4 is 22.5 Å². The molecule has 2 saturated carbocycles. The summed E-state index contributed by atoms with van der Waals surface area (Å²) in [6.45, 7) is 11.9. The minimum atomic E-state index is -0.167. The summed E-state index contributed by atoms with van der Waals surface area (Å²) in [6, 6.07) is 1.76. The highest BCUT2D eigenvalue weighted by Crippen LogP contribution is 2.34. The number of nitrogens with two attached hydrogens (primary N) is 3. The molecule has 13 heteroatoms. The minimum absolute atomic E-state index is 0. The second-order valence-electron chi connectivity index (χ2n) is 11.8. The first-order valence-corrected chi connectivity index (χ1v) is 17.2. The van der Waals surface area contributed by atoms with Crippen LogP contribution in [0.1, 0.15) is 86.1 Å². The molecule has 8 N–H and O–H groups in total. The molecule has 0 amide bonds. The van der Waals surface area contributed by atoms with Crippen molar-refractivity contribution in [3.05, 3.63) is 38.7 Å². The van der Waals surface area contributed by atoms with Gasteiger partial charge in [0.15, 0.2) is 0 Å². The Labute approximate surface area is 277 Å². The highest BCUT2D eigenvalue weighted by Gasteiger charge is 2.20. The van der Waals surface area contributed by atoms with Crippen molar-refractivity contribution in [1.29, 1.82) is 0 Å². The SMILES string of the molecule is CC(C)O.Cc1sc2ncnc(Cl)c2c1C.Cc1sc2ncnc(NC3CCC(N)CC3)c2c1C.NC1CCC(N)CC1.[B]. The van der Waals surface area contributed by atoms with E-state index in [0.29, 0.717) is 29.3 Å². The molecule has 241 valence electrons. The van der Waals surface area contributed by atoms with Crippen LogP contribution in [-0.2, 0) is 0 Å². The van der Waals surface area contributed by atoms with Gasteiger partial charge in [0.05, 0.1) is 10.8 Å². The lowest BCUT2D eigenvalue weighted by Crippen LogP contribution is -2.33. The first kappa shape index (κ1) is 38.3. The number of aryl methyl sites for hydroxylation is 4. The van der Waals surface area contributed by atoms with E-state index in [2.05, 4.69) is 46.0 Å². The van der Waals surface area contributed by atoms with Gasteiger partial charge >= 0.3 is 0 Å². The number of anilines is 1. The molecule has 2 fully saturated rings. The average molecular weight is 660 g/mol. The Hall–Kier alpha value is -1.93. The summed E-state index contributed by atoms with van der Waals surface area (Å²) in [5, 5.41) is 14.4. The molecule has 6 rings (SSSR count). The number of nitrogens with one attached hydrogen (secondary N) is 1. The fourth-order valence-corrected chi connectivity index (χ4v) is 7.36. The van der Waals surface area contributed by atoms with Crippen LogP contribution in [0.4, 0.5) is 5.82 Å². The molecule has 2 aliphatic carbocycles. The largest absolute Gasteiger partial charge is 0.394 e. The van der Waals surface area contributed by atoms with Gasteiger partial charge in [0.25, 0.3) is 0 Å². The van der Waals surface area contributed by atoms with Crippen molar-refractivity contribution in [2.75, 3.05) is 5.32 Å². The third-order valence-corrected chi connectivity index (χ3v) is 10.3. The average Bonchev–Trinajstić information content (AvgIpc) is 3.42. The number of rotatable bonds is 2. The number of hydrogen-bond donors (Lipinski definition) is 5. The Balaban J connectivity index is 0.000000232. The smallest absolute Gasteiger partial charge is 0.141 e. The van der Waals surface area contributed by atoms with E-state index in [-0.39, 0.29) is 14.5 Å². The first-order chi connectivity index (χ1) is 20.4. The van der Waals surface area contributed by atoms with E-state index < -0.39 is 0 Å². The zero-order valence-corrected chi connectivity index (χ0v) is 29.3. The number of aliphatic hydroxyl groups is 1. The monoisotopic (exact) mass is 659 g/mol. The maximum Gasteiger partial charge on any atom is 0.141 e. The topological polar surface area (TPSA) is 162 Å². The van der Waals surface area contributed by atoms with Crippen molar-refractivity contribution in [3.63, 3.8) is 0 Å². The molecule has 0 bridgehead atoms. The van der Waals surface area contributed by atoms with Gasteiger partial charge in [0, 0.05) is 48.4 Å². The Morgan fingerprint density at radius 2 is 1.11 bits per heavy atom. The van der Waals surface area contributed by atoms with Gasteiger partial charge in [-0.3, -0.25) is 0 Å². The zero-order valence-electron chi connectivity index (χ0n) is 26.9. The summed E-state index contributed by atoms with van der Waals surface area (Å²) < 4.78 is 0. The van der Waals surface area contributed by atoms with Crippen molar-refractivity contribution in [2.45, 2.75) is 123 Å². The molecule has 4 heterocycles. The highest BCUT2D eigenvalue weighted by molar-refractivity contribution is 7.19. The van der Waals surface area contributed by atoms with E-state index in [1.807, 2.05) is 6.92 Å². The van der Waals surface area contributed by atoms with Crippen LogP contribution in [0.25, 0.3) is 20.4 Å². The maximum atomic E-state index is 8.06. The summed E-state index contributed by atoms with van der Waals surface area (Å²) in [6.07, 6.45) is 12.0. The van der Waals surface area contributed by atoms with E-state index in [1.54, 1.807) is 42.8 Å². The van der Waals surface area contributed by atoms with Crippen molar-refractivity contribution in [1.82, 2.24) is 19.9 Å². The van der Waals surface area contributed by atoms with Crippen molar-refractivity contribution in [2.24, 2.45) is 17.2 Å². The molecule has 0 unspecified atom stereocenters. The van der Waals surface area contributed by atoms with E-state index >= 15 is 0 Å². The van der Waals surface area contributed by atoms with E-state index in [4.69, 9.17) is 33.9 Å².